The van der Waals surface area contributed by atoms with Crippen molar-refractivity contribution in [1.29, 1.82) is 0 Å². The highest BCUT2D eigenvalue weighted by molar-refractivity contribution is 9.10. The molecule has 0 spiro atoms. The number of halogens is 2. The molecular weight excluding hydrogens is 316 g/mol. The van der Waals surface area contributed by atoms with Crippen LogP contribution in [0.15, 0.2) is 27.2 Å². The van der Waals surface area contributed by atoms with Crippen molar-refractivity contribution in [3.8, 4) is 0 Å². The summed E-state index contributed by atoms with van der Waals surface area (Å²) in [4.78, 5) is 0. The molecule has 1 heterocycles. The van der Waals surface area contributed by atoms with Crippen LogP contribution < -0.4 is 5.32 Å². The Balaban J connectivity index is 1.94. The average molecular weight is 330 g/mol. The Hall–Kier alpha value is -0.840. The van der Waals surface area contributed by atoms with Gasteiger partial charge < -0.3 is 9.84 Å². The molecule has 3 nitrogen and oxygen atoms in total. The van der Waals surface area contributed by atoms with E-state index < -0.39 is 0 Å². The van der Waals surface area contributed by atoms with Crippen LogP contribution in [0.3, 0.4) is 0 Å². The average Bonchev–Trinajstić information content (AvgIpc) is 2.65. The lowest BCUT2D eigenvalue weighted by molar-refractivity contribution is 0.392. The standard InChI is InChI=1S/C13H14BrClN2O/c1-8-11(9(2)18-17-8)7-16-6-10-3-4-12(14)13(15)5-10/h3-5,16H,6-7H2,1-2H3. The van der Waals surface area contributed by atoms with Crippen molar-refractivity contribution in [3.05, 3.63) is 50.3 Å². The van der Waals surface area contributed by atoms with Crippen LogP contribution in [0, 0.1) is 13.8 Å². The van der Waals surface area contributed by atoms with Gasteiger partial charge in [-0.1, -0.05) is 22.8 Å². The molecule has 1 N–H and O–H groups in total. The quantitative estimate of drug-likeness (QED) is 0.921. The van der Waals surface area contributed by atoms with Gasteiger partial charge in [-0.3, -0.25) is 0 Å². The second-order valence-corrected chi connectivity index (χ2v) is 5.42. The van der Waals surface area contributed by atoms with E-state index in [-0.39, 0.29) is 0 Å². The lowest BCUT2D eigenvalue weighted by atomic mass is 10.2. The molecule has 0 saturated heterocycles. The fourth-order valence-electron chi connectivity index (χ4n) is 1.74. The largest absolute Gasteiger partial charge is 0.361 e. The summed E-state index contributed by atoms with van der Waals surface area (Å²) >= 11 is 9.42. The Morgan fingerprint density at radius 1 is 1.33 bits per heavy atom. The van der Waals surface area contributed by atoms with Crippen molar-refractivity contribution in [2.75, 3.05) is 0 Å². The molecule has 0 bridgehead atoms. The number of benzene rings is 1. The van der Waals surface area contributed by atoms with Crippen LogP contribution in [0.4, 0.5) is 0 Å². The third-order valence-electron chi connectivity index (χ3n) is 2.80. The second-order valence-electron chi connectivity index (χ2n) is 4.15. The zero-order valence-corrected chi connectivity index (χ0v) is 12.6. The van der Waals surface area contributed by atoms with Gasteiger partial charge in [0.1, 0.15) is 5.76 Å². The van der Waals surface area contributed by atoms with E-state index in [2.05, 4.69) is 26.4 Å². The van der Waals surface area contributed by atoms with Crippen molar-refractivity contribution < 1.29 is 4.52 Å². The smallest absolute Gasteiger partial charge is 0.138 e. The van der Waals surface area contributed by atoms with E-state index in [1.54, 1.807) is 0 Å². The number of nitrogens with one attached hydrogen (secondary N) is 1. The molecule has 0 radical (unpaired) electrons. The van der Waals surface area contributed by atoms with Gasteiger partial charge in [0.25, 0.3) is 0 Å². The highest BCUT2D eigenvalue weighted by Crippen LogP contribution is 2.23. The number of nitrogens with zero attached hydrogens (tertiary/aromatic N) is 1. The van der Waals surface area contributed by atoms with Crippen LogP contribution in [-0.4, -0.2) is 5.16 Å². The minimum Gasteiger partial charge on any atom is -0.361 e. The highest BCUT2D eigenvalue weighted by Gasteiger charge is 2.08. The van der Waals surface area contributed by atoms with Crippen molar-refractivity contribution in [3.63, 3.8) is 0 Å². The maximum absolute atomic E-state index is 6.04. The summed E-state index contributed by atoms with van der Waals surface area (Å²) in [5, 5.41) is 8.01. The topological polar surface area (TPSA) is 38.1 Å². The fourth-order valence-corrected chi connectivity index (χ4v) is 2.19. The van der Waals surface area contributed by atoms with Gasteiger partial charge in [0.2, 0.25) is 0 Å². The van der Waals surface area contributed by atoms with E-state index in [1.807, 2.05) is 32.0 Å². The molecule has 96 valence electrons. The van der Waals surface area contributed by atoms with E-state index in [0.29, 0.717) is 0 Å². The summed E-state index contributed by atoms with van der Waals surface area (Å²) in [5.74, 6) is 0.869. The number of rotatable bonds is 4. The first-order chi connectivity index (χ1) is 8.58. The van der Waals surface area contributed by atoms with Gasteiger partial charge in [-0.05, 0) is 47.5 Å². The Bertz CT molecular complexity index is 534. The van der Waals surface area contributed by atoms with E-state index in [4.69, 9.17) is 16.1 Å². The van der Waals surface area contributed by atoms with E-state index >= 15 is 0 Å². The molecular formula is C13H14BrClN2O. The molecule has 0 aliphatic rings. The highest BCUT2D eigenvalue weighted by atomic mass is 79.9. The van der Waals surface area contributed by atoms with Crippen LogP contribution in [0.25, 0.3) is 0 Å². The zero-order valence-electron chi connectivity index (χ0n) is 10.3. The van der Waals surface area contributed by atoms with E-state index in [1.165, 1.54) is 0 Å². The molecule has 0 aliphatic heterocycles. The van der Waals surface area contributed by atoms with Gasteiger partial charge in [-0.2, -0.15) is 0 Å². The molecule has 18 heavy (non-hydrogen) atoms. The molecule has 0 atom stereocenters. The summed E-state index contributed by atoms with van der Waals surface area (Å²) in [6, 6.07) is 5.94. The van der Waals surface area contributed by atoms with Gasteiger partial charge in [-0.15, -0.1) is 0 Å². The number of aryl methyl sites for hydroxylation is 2. The molecule has 0 unspecified atom stereocenters. The maximum Gasteiger partial charge on any atom is 0.138 e. The molecule has 0 fully saturated rings. The van der Waals surface area contributed by atoms with Crippen molar-refractivity contribution >= 4 is 27.5 Å². The molecule has 0 saturated carbocycles. The fraction of sp³-hybridized carbons (Fsp3) is 0.308. The van der Waals surface area contributed by atoms with Gasteiger partial charge in [-0.25, -0.2) is 0 Å². The Kier molecular flexibility index (Phi) is 4.43. The van der Waals surface area contributed by atoms with E-state index in [9.17, 15) is 0 Å². The Morgan fingerprint density at radius 2 is 2.11 bits per heavy atom. The van der Waals surface area contributed by atoms with Crippen LogP contribution in [0.5, 0.6) is 0 Å². The Labute approximate surface area is 120 Å². The van der Waals surface area contributed by atoms with Crippen molar-refractivity contribution in [2.45, 2.75) is 26.9 Å². The normalized spacial score (nSPS) is 10.9. The second kappa shape index (κ2) is 5.87. The van der Waals surface area contributed by atoms with E-state index in [0.717, 1.165) is 45.2 Å². The maximum atomic E-state index is 6.04. The first-order valence-corrected chi connectivity index (χ1v) is 6.81. The predicted molar refractivity (Wildman–Crippen MR) is 75.7 cm³/mol. The number of aromatic nitrogens is 1. The van der Waals surface area contributed by atoms with Gasteiger partial charge in [0.05, 0.1) is 10.7 Å². The third-order valence-corrected chi connectivity index (χ3v) is 4.03. The summed E-state index contributed by atoms with van der Waals surface area (Å²) in [6.45, 7) is 5.38. The zero-order chi connectivity index (χ0) is 13.1. The van der Waals surface area contributed by atoms with Crippen molar-refractivity contribution in [2.24, 2.45) is 0 Å². The first-order valence-electron chi connectivity index (χ1n) is 5.64. The summed E-state index contributed by atoms with van der Waals surface area (Å²) in [7, 11) is 0. The lowest BCUT2D eigenvalue weighted by Gasteiger charge is -2.06. The minimum atomic E-state index is 0.728. The molecule has 2 rings (SSSR count). The molecule has 0 aliphatic carbocycles. The number of hydrogen-bond acceptors (Lipinski definition) is 3. The third kappa shape index (κ3) is 3.13. The first kappa shape index (κ1) is 13.6. The van der Waals surface area contributed by atoms with Crippen LogP contribution in [0.2, 0.25) is 5.02 Å². The van der Waals surface area contributed by atoms with Gasteiger partial charge in [0.15, 0.2) is 0 Å². The molecule has 1 aromatic heterocycles. The van der Waals surface area contributed by atoms with Gasteiger partial charge >= 0.3 is 0 Å². The predicted octanol–water partition coefficient (Wildman–Crippen LogP) is 4.00. The van der Waals surface area contributed by atoms with Crippen molar-refractivity contribution in [1.82, 2.24) is 10.5 Å². The van der Waals surface area contributed by atoms with Gasteiger partial charge in [0, 0.05) is 23.1 Å². The van der Waals surface area contributed by atoms with Crippen LogP contribution in [-0.2, 0) is 13.1 Å². The molecule has 5 heteroatoms. The Morgan fingerprint density at radius 3 is 2.72 bits per heavy atom. The SMILES string of the molecule is Cc1noc(C)c1CNCc1ccc(Br)c(Cl)c1. The summed E-state index contributed by atoms with van der Waals surface area (Å²) in [5.41, 5.74) is 3.21. The van der Waals surface area contributed by atoms with Crippen LogP contribution in [0.1, 0.15) is 22.6 Å². The molecule has 0 amide bonds. The van der Waals surface area contributed by atoms with Crippen LogP contribution >= 0.6 is 27.5 Å². The summed E-state index contributed by atoms with van der Waals surface area (Å²) < 4.78 is 6.03. The monoisotopic (exact) mass is 328 g/mol. The number of hydrogen-bond donors (Lipinski definition) is 1. The lowest BCUT2D eigenvalue weighted by Crippen LogP contribution is -2.13. The molecule has 1 aromatic carbocycles. The molecule has 2 aromatic rings. The minimum absolute atomic E-state index is 0.728. The summed E-state index contributed by atoms with van der Waals surface area (Å²) in [6.07, 6.45) is 0.